The minimum Gasteiger partial charge on any atom is -0.387 e. The van der Waals surface area contributed by atoms with E-state index in [-0.39, 0.29) is 11.9 Å². The van der Waals surface area contributed by atoms with E-state index in [9.17, 15) is 4.79 Å². The molecule has 0 spiro atoms. The van der Waals surface area contributed by atoms with E-state index >= 15 is 0 Å². The number of carbonyl (C=O) groups excluding carboxylic acids is 1. The molecule has 0 bridgehead atoms. The van der Waals surface area contributed by atoms with E-state index in [1.807, 2.05) is 19.1 Å². The average molecular weight is 256 g/mol. The van der Waals surface area contributed by atoms with Crippen LogP contribution in [0.5, 0.6) is 0 Å². The molecule has 98 valence electrons. The molecule has 5 nitrogen and oxygen atoms in total. The van der Waals surface area contributed by atoms with Crippen molar-refractivity contribution in [2.75, 3.05) is 12.4 Å². The fourth-order valence-corrected chi connectivity index (χ4v) is 1.80. The van der Waals surface area contributed by atoms with Crippen LogP contribution < -0.4 is 10.6 Å². The second-order valence-corrected chi connectivity index (χ2v) is 4.15. The summed E-state index contributed by atoms with van der Waals surface area (Å²) in [6, 6.07) is 5.45. The molecule has 0 saturated carbocycles. The third-order valence-corrected chi connectivity index (χ3v) is 2.89. The Balaban J connectivity index is 2.13. The predicted molar refractivity (Wildman–Crippen MR) is 73.9 cm³/mol. The monoisotopic (exact) mass is 256 g/mol. The zero-order valence-corrected chi connectivity index (χ0v) is 10.9. The summed E-state index contributed by atoms with van der Waals surface area (Å²) in [5, 5.41) is 5.92. The molecule has 2 aromatic rings. The van der Waals surface area contributed by atoms with Gasteiger partial charge < -0.3 is 10.6 Å². The summed E-state index contributed by atoms with van der Waals surface area (Å²) in [5.41, 5.74) is 2.30. The van der Waals surface area contributed by atoms with Crippen molar-refractivity contribution in [3.05, 3.63) is 54.1 Å². The molecule has 0 aliphatic carbocycles. The number of hydrogen-bond acceptors (Lipinski definition) is 4. The van der Waals surface area contributed by atoms with Gasteiger partial charge in [0, 0.05) is 37.5 Å². The number of nitrogens with zero attached hydrogens (tertiary/aromatic N) is 2. The summed E-state index contributed by atoms with van der Waals surface area (Å²) in [4.78, 5) is 20.1. The lowest BCUT2D eigenvalue weighted by atomic mass is 10.1. The number of rotatable bonds is 4. The number of hydrogen-bond donors (Lipinski definition) is 2. The Morgan fingerprint density at radius 3 is 2.53 bits per heavy atom. The maximum atomic E-state index is 12.2. The number of anilines is 1. The minimum atomic E-state index is -0.151. The molecule has 0 fully saturated rings. The highest BCUT2D eigenvalue weighted by Gasteiger charge is 2.14. The Morgan fingerprint density at radius 2 is 1.84 bits per heavy atom. The molecule has 0 saturated heterocycles. The van der Waals surface area contributed by atoms with Crippen LogP contribution in [0.15, 0.2) is 43.0 Å². The summed E-state index contributed by atoms with van der Waals surface area (Å²) >= 11 is 0. The zero-order chi connectivity index (χ0) is 13.7. The van der Waals surface area contributed by atoms with Gasteiger partial charge in [0.1, 0.15) is 0 Å². The fraction of sp³-hybridized carbons (Fsp3) is 0.214. The van der Waals surface area contributed by atoms with Gasteiger partial charge in [0.05, 0.1) is 11.6 Å². The molecule has 2 aromatic heterocycles. The van der Waals surface area contributed by atoms with Crippen molar-refractivity contribution in [2.24, 2.45) is 0 Å². The predicted octanol–water partition coefficient (Wildman–Crippen LogP) is 2.01. The molecule has 0 aromatic carbocycles. The maximum absolute atomic E-state index is 12.2. The molecule has 2 N–H and O–H groups in total. The normalized spacial score (nSPS) is 11.7. The second-order valence-electron chi connectivity index (χ2n) is 4.15. The van der Waals surface area contributed by atoms with E-state index in [2.05, 4.69) is 20.6 Å². The number of carbonyl (C=O) groups is 1. The molecular weight excluding hydrogens is 240 g/mol. The summed E-state index contributed by atoms with van der Waals surface area (Å²) in [6.07, 6.45) is 6.62. The minimum absolute atomic E-state index is 0.0830. The van der Waals surface area contributed by atoms with Crippen molar-refractivity contribution < 1.29 is 4.79 Å². The van der Waals surface area contributed by atoms with Crippen molar-refractivity contribution in [3.8, 4) is 0 Å². The van der Waals surface area contributed by atoms with Crippen LogP contribution in [0.2, 0.25) is 0 Å². The van der Waals surface area contributed by atoms with Gasteiger partial charge in [-0.3, -0.25) is 14.8 Å². The second kappa shape index (κ2) is 5.95. The van der Waals surface area contributed by atoms with E-state index in [1.54, 1.807) is 37.9 Å². The molecule has 1 unspecified atom stereocenters. The van der Waals surface area contributed by atoms with Gasteiger partial charge in [0.25, 0.3) is 5.91 Å². The number of aromatic nitrogens is 2. The third-order valence-electron chi connectivity index (χ3n) is 2.89. The Bertz CT molecular complexity index is 556. The molecule has 19 heavy (non-hydrogen) atoms. The molecule has 0 aliphatic rings. The summed E-state index contributed by atoms with van der Waals surface area (Å²) in [7, 11) is 1.78. The van der Waals surface area contributed by atoms with Crippen molar-refractivity contribution in [1.82, 2.24) is 15.3 Å². The SMILES string of the molecule is CNc1ccncc1C(=O)NC(C)c1ccncc1. The molecular formula is C14H16N4O. The lowest BCUT2D eigenvalue weighted by Gasteiger charge is -2.15. The molecule has 2 heterocycles. The molecule has 0 aliphatic heterocycles. The summed E-state index contributed by atoms with van der Waals surface area (Å²) in [6.45, 7) is 1.93. The van der Waals surface area contributed by atoms with Crippen LogP contribution >= 0.6 is 0 Å². The highest BCUT2D eigenvalue weighted by Crippen LogP contribution is 2.15. The highest BCUT2D eigenvalue weighted by atomic mass is 16.1. The van der Waals surface area contributed by atoms with Crippen molar-refractivity contribution in [3.63, 3.8) is 0 Å². The lowest BCUT2D eigenvalue weighted by Crippen LogP contribution is -2.27. The largest absolute Gasteiger partial charge is 0.387 e. The zero-order valence-electron chi connectivity index (χ0n) is 10.9. The molecule has 2 rings (SSSR count). The summed E-state index contributed by atoms with van der Waals surface area (Å²) in [5.74, 6) is -0.151. The third kappa shape index (κ3) is 3.07. The Morgan fingerprint density at radius 1 is 1.16 bits per heavy atom. The van der Waals surface area contributed by atoms with Crippen LogP contribution in [0.1, 0.15) is 28.9 Å². The lowest BCUT2D eigenvalue weighted by molar-refractivity contribution is 0.0940. The molecule has 0 radical (unpaired) electrons. The van der Waals surface area contributed by atoms with Gasteiger partial charge in [-0.1, -0.05) is 0 Å². The quantitative estimate of drug-likeness (QED) is 0.878. The van der Waals surface area contributed by atoms with E-state index in [0.29, 0.717) is 5.56 Å². The van der Waals surface area contributed by atoms with Crippen LogP contribution in [0.25, 0.3) is 0 Å². The van der Waals surface area contributed by atoms with Crippen LogP contribution in [0.3, 0.4) is 0 Å². The van der Waals surface area contributed by atoms with Crippen LogP contribution in [-0.2, 0) is 0 Å². The average Bonchev–Trinajstić information content (AvgIpc) is 2.48. The maximum Gasteiger partial charge on any atom is 0.255 e. The van der Waals surface area contributed by atoms with Gasteiger partial charge in [0.15, 0.2) is 0 Å². The first-order valence-electron chi connectivity index (χ1n) is 6.05. The Hall–Kier alpha value is -2.43. The Kier molecular flexibility index (Phi) is 4.07. The Labute approximate surface area is 112 Å². The molecule has 1 amide bonds. The van der Waals surface area contributed by atoms with Crippen LogP contribution in [-0.4, -0.2) is 22.9 Å². The van der Waals surface area contributed by atoms with E-state index < -0.39 is 0 Å². The fourth-order valence-electron chi connectivity index (χ4n) is 1.80. The smallest absolute Gasteiger partial charge is 0.255 e. The van der Waals surface area contributed by atoms with Gasteiger partial charge in [-0.05, 0) is 30.7 Å². The standard InChI is InChI=1S/C14H16N4O/c1-10(11-3-6-16-7-4-11)18-14(19)12-9-17-8-5-13(12)15-2/h3-10H,1-2H3,(H,15,17)(H,18,19). The van der Waals surface area contributed by atoms with Crippen molar-refractivity contribution >= 4 is 11.6 Å². The number of amides is 1. The first-order valence-corrected chi connectivity index (χ1v) is 6.05. The van der Waals surface area contributed by atoms with Gasteiger partial charge >= 0.3 is 0 Å². The van der Waals surface area contributed by atoms with E-state index in [0.717, 1.165) is 11.3 Å². The number of pyridine rings is 2. The summed E-state index contributed by atoms with van der Waals surface area (Å²) < 4.78 is 0. The highest BCUT2D eigenvalue weighted by molar-refractivity contribution is 5.99. The van der Waals surface area contributed by atoms with Crippen LogP contribution in [0.4, 0.5) is 5.69 Å². The van der Waals surface area contributed by atoms with Gasteiger partial charge in [-0.15, -0.1) is 0 Å². The first-order chi connectivity index (χ1) is 9.22. The topological polar surface area (TPSA) is 66.9 Å². The molecule has 5 heteroatoms. The van der Waals surface area contributed by atoms with E-state index in [1.165, 1.54) is 0 Å². The van der Waals surface area contributed by atoms with Crippen molar-refractivity contribution in [1.29, 1.82) is 0 Å². The number of nitrogens with one attached hydrogen (secondary N) is 2. The van der Waals surface area contributed by atoms with E-state index in [4.69, 9.17) is 0 Å². The first kappa shape index (κ1) is 13.0. The van der Waals surface area contributed by atoms with Crippen LogP contribution in [0, 0.1) is 0 Å². The van der Waals surface area contributed by atoms with Gasteiger partial charge in [-0.2, -0.15) is 0 Å². The van der Waals surface area contributed by atoms with Gasteiger partial charge in [-0.25, -0.2) is 0 Å². The molecule has 1 atom stereocenters. The van der Waals surface area contributed by atoms with Crippen molar-refractivity contribution in [2.45, 2.75) is 13.0 Å². The van der Waals surface area contributed by atoms with Gasteiger partial charge in [0.2, 0.25) is 0 Å².